The molecule has 0 bridgehead atoms. The first-order chi connectivity index (χ1) is 5.57. The maximum absolute atomic E-state index is 9.37. The topological polar surface area (TPSA) is 38.0 Å². The number of aromatic hydroxyl groups is 1. The fourth-order valence-corrected chi connectivity index (χ4v) is 1.38. The fourth-order valence-electron chi connectivity index (χ4n) is 1.38. The summed E-state index contributed by atoms with van der Waals surface area (Å²) < 4.78 is 2.04. The van der Waals surface area contributed by atoms with Gasteiger partial charge in [0.2, 0.25) is 5.88 Å². The van der Waals surface area contributed by atoms with Crippen LogP contribution in [0.25, 0.3) is 0 Å². The van der Waals surface area contributed by atoms with E-state index in [0.717, 1.165) is 18.1 Å². The van der Waals surface area contributed by atoms with Crippen molar-refractivity contribution in [3.8, 4) is 5.88 Å². The molecule has 1 aromatic rings. The summed E-state index contributed by atoms with van der Waals surface area (Å²) in [6.07, 6.45) is 0. The molecule has 0 saturated heterocycles. The van der Waals surface area contributed by atoms with Gasteiger partial charge >= 0.3 is 0 Å². The molecule has 0 saturated carbocycles. The van der Waals surface area contributed by atoms with E-state index in [9.17, 15) is 5.11 Å². The van der Waals surface area contributed by atoms with Gasteiger partial charge in [-0.05, 0) is 13.8 Å². The summed E-state index contributed by atoms with van der Waals surface area (Å²) in [5, 5.41) is 9.37. The van der Waals surface area contributed by atoms with Gasteiger partial charge in [0, 0.05) is 12.5 Å². The normalized spacial score (nSPS) is 11.1. The first-order valence-electron chi connectivity index (χ1n) is 4.33. The van der Waals surface area contributed by atoms with Gasteiger partial charge in [0.15, 0.2) is 0 Å². The maximum atomic E-state index is 9.37. The maximum Gasteiger partial charge on any atom is 0.232 e. The number of hydrogen-bond donors (Lipinski definition) is 1. The molecule has 0 fully saturated rings. The van der Waals surface area contributed by atoms with Crippen molar-refractivity contribution in [1.29, 1.82) is 0 Å². The third kappa shape index (κ3) is 1.31. The molecular formula is C9H16N2O. The van der Waals surface area contributed by atoms with E-state index in [1.54, 1.807) is 0 Å². The average molecular weight is 168 g/mol. The molecule has 3 nitrogen and oxygen atoms in total. The van der Waals surface area contributed by atoms with Crippen molar-refractivity contribution in [3.05, 3.63) is 11.5 Å². The monoisotopic (exact) mass is 168 g/mol. The summed E-state index contributed by atoms with van der Waals surface area (Å²) in [4.78, 5) is 4.10. The van der Waals surface area contributed by atoms with E-state index in [-0.39, 0.29) is 5.88 Å². The zero-order valence-corrected chi connectivity index (χ0v) is 8.13. The summed E-state index contributed by atoms with van der Waals surface area (Å²) in [6, 6.07) is 0. The number of imidazole rings is 1. The van der Waals surface area contributed by atoms with Crippen LogP contribution in [0, 0.1) is 6.92 Å². The highest BCUT2D eigenvalue weighted by Crippen LogP contribution is 2.22. The van der Waals surface area contributed by atoms with Gasteiger partial charge in [0.05, 0.1) is 5.69 Å². The van der Waals surface area contributed by atoms with E-state index in [2.05, 4.69) is 25.8 Å². The molecule has 3 heteroatoms. The summed E-state index contributed by atoms with van der Waals surface area (Å²) in [5.74, 6) is 1.50. The van der Waals surface area contributed by atoms with E-state index in [4.69, 9.17) is 0 Å². The molecule has 68 valence electrons. The lowest BCUT2D eigenvalue weighted by Gasteiger charge is -2.08. The Bertz CT molecular complexity index is 276. The van der Waals surface area contributed by atoms with Gasteiger partial charge in [-0.2, -0.15) is 4.98 Å². The SMILES string of the molecule is CCn1c(C(C)C)nc(O)c1C. The Hall–Kier alpha value is -0.990. The predicted molar refractivity (Wildman–Crippen MR) is 48.4 cm³/mol. The van der Waals surface area contributed by atoms with Gasteiger partial charge < -0.3 is 9.67 Å². The van der Waals surface area contributed by atoms with Crippen molar-refractivity contribution in [1.82, 2.24) is 9.55 Å². The highest BCUT2D eigenvalue weighted by atomic mass is 16.3. The van der Waals surface area contributed by atoms with Crippen LogP contribution < -0.4 is 0 Å². The van der Waals surface area contributed by atoms with Gasteiger partial charge in [-0.1, -0.05) is 13.8 Å². The number of hydrogen-bond acceptors (Lipinski definition) is 2. The molecule has 0 aliphatic heterocycles. The molecule has 1 rings (SSSR count). The quantitative estimate of drug-likeness (QED) is 0.733. The van der Waals surface area contributed by atoms with Crippen LogP contribution in [0.4, 0.5) is 0 Å². The smallest absolute Gasteiger partial charge is 0.232 e. The van der Waals surface area contributed by atoms with E-state index < -0.39 is 0 Å². The van der Waals surface area contributed by atoms with Crippen molar-refractivity contribution in [2.24, 2.45) is 0 Å². The van der Waals surface area contributed by atoms with Gasteiger partial charge in [0.1, 0.15) is 5.82 Å². The van der Waals surface area contributed by atoms with Crippen LogP contribution in [-0.4, -0.2) is 14.7 Å². The van der Waals surface area contributed by atoms with Crippen LogP contribution in [0.5, 0.6) is 5.88 Å². The van der Waals surface area contributed by atoms with Crippen molar-refractivity contribution in [2.75, 3.05) is 0 Å². The Balaban J connectivity index is 3.20. The molecule has 0 aliphatic carbocycles. The van der Waals surface area contributed by atoms with Crippen LogP contribution in [0.15, 0.2) is 0 Å². The van der Waals surface area contributed by atoms with Crippen molar-refractivity contribution in [3.63, 3.8) is 0 Å². The zero-order valence-electron chi connectivity index (χ0n) is 8.13. The van der Waals surface area contributed by atoms with Gasteiger partial charge in [0.25, 0.3) is 0 Å². The van der Waals surface area contributed by atoms with E-state index >= 15 is 0 Å². The highest BCUT2D eigenvalue weighted by Gasteiger charge is 2.13. The molecule has 0 aromatic carbocycles. The average Bonchev–Trinajstić information content (AvgIpc) is 2.29. The van der Waals surface area contributed by atoms with Gasteiger partial charge in [-0.25, -0.2) is 0 Å². The Kier molecular flexibility index (Phi) is 2.40. The van der Waals surface area contributed by atoms with Gasteiger partial charge in [-0.3, -0.25) is 0 Å². The standard InChI is InChI=1S/C9H16N2O/c1-5-11-7(4)9(12)10-8(11)6(2)3/h6,12H,5H2,1-4H3. The van der Waals surface area contributed by atoms with Crippen molar-refractivity contribution < 1.29 is 5.11 Å². The summed E-state index contributed by atoms with van der Waals surface area (Å²) >= 11 is 0. The third-order valence-electron chi connectivity index (χ3n) is 2.06. The zero-order chi connectivity index (χ0) is 9.30. The summed E-state index contributed by atoms with van der Waals surface area (Å²) in [6.45, 7) is 8.96. The molecule has 1 N–H and O–H groups in total. The van der Waals surface area contributed by atoms with E-state index in [1.165, 1.54) is 0 Å². The lowest BCUT2D eigenvalue weighted by molar-refractivity contribution is 0.449. The van der Waals surface area contributed by atoms with Crippen LogP contribution >= 0.6 is 0 Å². The highest BCUT2D eigenvalue weighted by molar-refractivity contribution is 5.21. The van der Waals surface area contributed by atoms with E-state index in [1.807, 2.05) is 11.5 Å². The second-order valence-electron chi connectivity index (χ2n) is 3.28. The van der Waals surface area contributed by atoms with Crippen LogP contribution in [0.3, 0.4) is 0 Å². The Morgan fingerprint density at radius 2 is 2.08 bits per heavy atom. The van der Waals surface area contributed by atoms with Crippen LogP contribution in [-0.2, 0) is 6.54 Å². The molecule has 12 heavy (non-hydrogen) atoms. The molecule has 0 radical (unpaired) electrons. The molecule has 0 unspecified atom stereocenters. The second-order valence-corrected chi connectivity index (χ2v) is 3.28. The summed E-state index contributed by atoms with van der Waals surface area (Å²) in [5.41, 5.74) is 0.862. The molecule has 0 atom stereocenters. The molecular weight excluding hydrogens is 152 g/mol. The molecule has 1 aromatic heterocycles. The minimum absolute atomic E-state index is 0.167. The Morgan fingerprint density at radius 3 is 2.42 bits per heavy atom. The Labute approximate surface area is 73.1 Å². The third-order valence-corrected chi connectivity index (χ3v) is 2.06. The molecule has 1 heterocycles. The second kappa shape index (κ2) is 3.17. The summed E-state index contributed by atoms with van der Waals surface area (Å²) in [7, 11) is 0. The largest absolute Gasteiger partial charge is 0.492 e. The predicted octanol–water partition coefficient (Wildman–Crippen LogP) is 2.04. The number of nitrogens with zero attached hydrogens (tertiary/aromatic N) is 2. The first-order valence-corrected chi connectivity index (χ1v) is 4.33. The number of rotatable bonds is 2. The fraction of sp³-hybridized carbons (Fsp3) is 0.667. The van der Waals surface area contributed by atoms with Crippen LogP contribution in [0.1, 0.15) is 38.2 Å². The number of aromatic nitrogens is 2. The lowest BCUT2D eigenvalue weighted by Crippen LogP contribution is -2.04. The minimum Gasteiger partial charge on any atom is -0.492 e. The van der Waals surface area contributed by atoms with Crippen LogP contribution in [0.2, 0.25) is 0 Å². The van der Waals surface area contributed by atoms with Gasteiger partial charge in [-0.15, -0.1) is 0 Å². The minimum atomic E-state index is 0.167. The van der Waals surface area contributed by atoms with Crippen molar-refractivity contribution >= 4 is 0 Å². The molecule has 0 spiro atoms. The Morgan fingerprint density at radius 1 is 1.50 bits per heavy atom. The lowest BCUT2D eigenvalue weighted by atomic mass is 10.2. The molecule has 0 aliphatic rings. The molecule has 0 amide bonds. The van der Waals surface area contributed by atoms with Crippen molar-refractivity contribution in [2.45, 2.75) is 40.2 Å². The first kappa shape index (κ1) is 9.10. The van der Waals surface area contributed by atoms with E-state index in [0.29, 0.717) is 5.92 Å².